The number of hydrogen-bond acceptors (Lipinski definition) is 3. The van der Waals surface area contributed by atoms with Gasteiger partial charge in [0.15, 0.2) is 0 Å². The number of nitrogens with zero attached hydrogens (tertiary/aromatic N) is 1. The third-order valence-electron chi connectivity index (χ3n) is 3.21. The van der Waals surface area contributed by atoms with Crippen LogP contribution in [-0.2, 0) is 16.0 Å². The molecular weight excluding hydrogens is 278 g/mol. The summed E-state index contributed by atoms with van der Waals surface area (Å²) in [4.78, 5) is 25.5. The van der Waals surface area contributed by atoms with Crippen LogP contribution in [0, 0.1) is 5.92 Å². The molecule has 0 heterocycles. The highest BCUT2D eigenvalue weighted by atomic mass is 16.2. The number of hydrogen-bond donors (Lipinski definition) is 2. The molecule has 0 fully saturated rings. The van der Waals surface area contributed by atoms with Gasteiger partial charge in [-0.15, -0.1) is 0 Å². The molecule has 0 unspecified atom stereocenters. The summed E-state index contributed by atoms with van der Waals surface area (Å²) in [6.07, 6.45) is 0.865. The zero-order chi connectivity index (χ0) is 16.5. The van der Waals surface area contributed by atoms with Crippen molar-refractivity contribution in [2.75, 3.05) is 32.0 Å². The van der Waals surface area contributed by atoms with Crippen LogP contribution in [0.4, 0.5) is 5.69 Å². The van der Waals surface area contributed by atoms with Gasteiger partial charge in [0, 0.05) is 12.2 Å². The van der Waals surface area contributed by atoms with Crippen LogP contribution in [0.15, 0.2) is 24.3 Å². The van der Waals surface area contributed by atoms with Crippen LogP contribution in [0.1, 0.15) is 26.3 Å². The summed E-state index contributed by atoms with van der Waals surface area (Å²) in [5.41, 5.74) is 1.95. The monoisotopic (exact) mass is 305 g/mol. The molecule has 5 heteroatoms. The topological polar surface area (TPSA) is 61.4 Å². The summed E-state index contributed by atoms with van der Waals surface area (Å²) in [5.74, 6) is 0.251. The van der Waals surface area contributed by atoms with E-state index < -0.39 is 0 Å². The molecule has 0 radical (unpaired) electrons. The molecule has 122 valence electrons. The molecule has 1 rings (SSSR count). The lowest BCUT2D eigenvalue weighted by molar-refractivity contribution is -0.123. The van der Waals surface area contributed by atoms with E-state index in [2.05, 4.69) is 17.6 Å². The van der Waals surface area contributed by atoms with Crippen LogP contribution in [0.25, 0.3) is 0 Å². The first-order valence-electron chi connectivity index (χ1n) is 7.75. The van der Waals surface area contributed by atoms with Gasteiger partial charge in [0.1, 0.15) is 0 Å². The van der Waals surface area contributed by atoms with E-state index in [4.69, 9.17) is 0 Å². The second-order valence-electron chi connectivity index (χ2n) is 5.93. The normalized spacial score (nSPS) is 10.8. The van der Waals surface area contributed by atoms with Crippen molar-refractivity contribution in [3.05, 3.63) is 29.8 Å². The highest BCUT2D eigenvalue weighted by Crippen LogP contribution is 2.15. The predicted octanol–water partition coefficient (Wildman–Crippen LogP) is 1.89. The summed E-state index contributed by atoms with van der Waals surface area (Å²) in [6.45, 7) is 7.20. The lowest BCUT2D eigenvalue weighted by Crippen LogP contribution is -2.40. The molecule has 2 N–H and O–H groups in total. The summed E-state index contributed by atoms with van der Waals surface area (Å²) in [7, 11) is 1.76. The van der Waals surface area contributed by atoms with Gasteiger partial charge >= 0.3 is 0 Å². The minimum Gasteiger partial charge on any atom is -0.355 e. The lowest BCUT2D eigenvalue weighted by Gasteiger charge is -2.17. The minimum absolute atomic E-state index is 0.0574. The van der Waals surface area contributed by atoms with Crippen LogP contribution in [0.2, 0.25) is 0 Å². The Morgan fingerprint density at radius 3 is 2.41 bits per heavy atom. The summed E-state index contributed by atoms with van der Waals surface area (Å²) in [6, 6.07) is 7.75. The van der Waals surface area contributed by atoms with Gasteiger partial charge in [-0.05, 0) is 31.0 Å². The molecule has 1 aromatic carbocycles. The summed E-state index contributed by atoms with van der Waals surface area (Å²) < 4.78 is 0. The Morgan fingerprint density at radius 2 is 1.77 bits per heavy atom. The maximum Gasteiger partial charge on any atom is 0.238 e. The number of benzene rings is 1. The van der Waals surface area contributed by atoms with Crippen molar-refractivity contribution in [2.45, 2.75) is 27.2 Å². The Hall–Kier alpha value is -1.88. The third kappa shape index (κ3) is 6.72. The summed E-state index contributed by atoms with van der Waals surface area (Å²) in [5, 5.41) is 5.75. The van der Waals surface area contributed by atoms with Gasteiger partial charge in [0.05, 0.1) is 13.1 Å². The van der Waals surface area contributed by atoms with Gasteiger partial charge in [0.2, 0.25) is 11.8 Å². The van der Waals surface area contributed by atoms with Crippen LogP contribution in [-0.4, -0.2) is 43.4 Å². The maximum atomic E-state index is 12.1. The SMILES string of the molecule is CCc1ccccc1NC(=O)CN(C)CC(=O)NCC(C)C. The molecular formula is C17H27N3O2. The van der Waals surface area contributed by atoms with Gasteiger partial charge in [-0.2, -0.15) is 0 Å². The zero-order valence-electron chi connectivity index (χ0n) is 14.0. The number of nitrogens with one attached hydrogen (secondary N) is 2. The molecule has 2 amide bonds. The predicted molar refractivity (Wildman–Crippen MR) is 89.8 cm³/mol. The lowest BCUT2D eigenvalue weighted by atomic mass is 10.1. The molecule has 0 saturated carbocycles. The first kappa shape index (κ1) is 18.2. The quantitative estimate of drug-likeness (QED) is 0.771. The second kappa shape index (κ2) is 9.20. The van der Waals surface area contributed by atoms with Crippen LogP contribution in [0.3, 0.4) is 0 Å². The number of carbonyl (C=O) groups excluding carboxylic acids is 2. The van der Waals surface area contributed by atoms with Crippen LogP contribution >= 0.6 is 0 Å². The Morgan fingerprint density at radius 1 is 1.14 bits per heavy atom. The maximum absolute atomic E-state index is 12.1. The molecule has 0 saturated heterocycles. The van der Waals surface area contributed by atoms with Gasteiger partial charge in [-0.25, -0.2) is 0 Å². The van der Waals surface area contributed by atoms with Gasteiger partial charge < -0.3 is 10.6 Å². The molecule has 0 aliphatic rings. The Balaban J connectivity index is 2.42. The number of anilines is 1. The van der Waals surface area contributed by atoms with Crippen LogP contribution in [0.5, 0.6) is 0 Å². The first-order valence-corrected chi connectivity index (χ1v) is 7.75. The van der Waals surface area contributed by atoms with Crippen molar-refractivity contribution in [3.63, 3.8) is 0 Å². The Labute approximate surface area is 133 Å². The molecule has 0 aliphatic heterocycles. The zero-order valence-corrected chi connectivity index (χ0v) is 14.0. The van der Waals surface area contributed by atoms with Crippen molar-refractivity contribution in [3.8, 4) is 0 Å². The summed E-state index contributed by atoms with van der Waals surface area (Å²) >= 11 is 0. The Bertz CT molecular complexity index is 500. The highest BCUT2D eigenvalue weighted by molar-refractivity contribution is 5.93. The van der Waals surface area contributed by atoms with E-state index in [9.17, 15) is 9.59 Å². The Kier molecular flexibility index (Phi) is 7.60. The average Bonchev–Trinajstić information content (AvgIpc) is 2.45. The van der Waals surface area contributed by atoms with Crippen molar-refractivity contribution in [1.82, 2.24) is 10.2 Å². The number of carbonyl (C=O) groups is 2. The van der Waals surface area contributed by atoms with E-state index in [-0.39, 0.29) is 24.9 Å². The number of para-hydroxylation sites is 1. The molecule has 0 aliphatic carbocycles. The fourth-order valence-electron chi connectivity index (χ4n) is 2.06. The van der Waals surface area contributed by atoms with E-state index in [1.54, 1.807) is 11.9 Å². The van der Waals surface area contributed by atoms with E-state index >= 15 is 0 Å². The van der Waals surface area contributed by atoms with E-state index in [0.29, 0.717) is 12.5 Å². The van der Waals surface area contributed by atoms with Gasteiger partial charge in [0.25, 0.3) is 0 Å². The van der Waals surface area contributed by atoms with Crippen LogP contribution < -0.4 is 10.6 Å². The largest absolute Gasteiger partial charge is 0.355 e. The molecule has 0 bridgehead atoms. The fourth-order valence-corrected chi connectivity index (χ4v) is 2.06. The standard InChI is InChI=1S/C17H27N3O2/c1-5-14-8-6-7-9-15(14)19-17(22)12-20(4)11-16(21)18-10-13(2)3/h6-9,13H,5,10-12H2,1-4H3,(H,18,21)(H,19,22). The minimum atomic E-state index is -0.111. The molecule has 1 aromatic rings. The average molecular weight is 305 g/mol. The fraction of sp³-hybridized carbons (Fsp3) is 0.529. The number of likely N-dealkylation sites (N-methyl/N-ethyl adjacent to an activating group) is 1. The highest BCUT2D eigenvalue weighted by Gasteiger charge is 2.12. The molecule has 22 heavy (non-hydrogen) atoms. The van der Waals surface area contributed by atoms with Gasteiger partial charge in [-0.1, -0.05) is 39.0 Å². The van der Waals surface area contributed by atoms with E-state index in [0.717, 1.165) is 17.7 Å². The molecule has 5 nitrogen and oxygen atoms in total. The number of aryl methyl sites for hydroxylation is 1. The van der Waals surface area contributed by atoms with Crippen molar-refractivity contribution in [2.24, 2.45) is 5.92 Å². The second-order valence-corrected chi connectivity index (χ2v) is 5.93. The molecule has 0 atom stereocenters. The number of amides is 2. The first-order chi connectivity index (χ1) is 10.4. The third-order valence-corrected chi connectivity index (χ3v) is 3.21. The molecule has 0 aromatic heterocycles. The van der Waals surface area contributed by atoms with E-state index in [1.807, 2.05) is 38.1 Å². The van der Waals surface area contributed by atoms with Crippen molar-refractivity contribution < 1.29 is 9.59 Å². The number of rotatable bonds is 8. The van der Waals surface area contributed by atoms with Gasteiger partial charge in [-0.3, -0.25) is 14.5 Å². The smallest absolute Gasteiger partial charge is 0.238 e. The van der Waals surface area contributed by atoms with Crippen molar-refractivity contribution in [1.29, 1.82) is 0 Å². The van der Waals surface area contributed by atoms with Crippen molar-refractivity contribution >= 4 is 17.5 Å². The molecule has 0 spiro atoms. The van der Waals surface area contributed by atoms with E-state index in [1.165, 1.54) is 0 Å².